The van der Waals surface area contributed by atoms with E-state index in [1.54, 1.807) is 7.11 Å². The summed E-state index contributed by atoms with van der Waals surface area (Å²) in [5, 5.41) is 0. The maximum absolute atomic E-state index is 12.6. The molecule has 1 aromatic heterocycles. The lowest BCUT2D eigenvalue weighted by Crippen LogP contribution is -2.54. The smallest absolute Gasteiger partial charge is 0.270 e. The number of H-pyrrole nitrogens is 1. The van der Waals surface area contributed by atoms with E-state index in [1.807, 2.05) is 42.3 Å². The van der Waals surface area contributed by atoms with Gasteiger partial charge in [-0.2, -0.15) is 0 Å². The molecule has 5 nitrogen and oxygen atoms in total. The van der Waals surface area contributed by atoms with Crippen LogP contribution in [-0.2, 0) is 0 Å². The highest BCUT2D eigenvalue weighted by Gasteiger charge is 2.29. The Kier molecular flexibility index (Phi) is 4.28. The van der Waals surface area contributed by atoms with Crippen molar-refractivity contribution in [2.75, 3.05) is 31.6 Å². The number of carbonyl (C=O) groups is 1. The molecule has 3 rings (SSSR count). The van der Waals surface area contributed by atoms with Gasteiger partial charge in [-0.05, 0) is 37.6 Å². The largest absolute Gasteiger partial charge is 0.495 e. The van der Waals surface area contributed by atoms with Gasteiger partial charge < -0.3 is 19.5 Å². The number of benzene rings is 1. The first-order valence-electron chi connectivity index (χ1n) is 7.94. The van der Waals surface area contributed by atoms with Gasteiger partial charge in [0.2, 0.25) is 0 Å². The molecule has 1 N–H and O–H groups in total. The van der Waals surface area contributed by atoms with Gasteiger partial charge in [0, 0.05) is 31.9 Å². The van der Waals surface area contributed by atoms with E-state index < -0.39 is 0 Å². The summed E-state index contributed by atoms with van der Waals surface area (Å²) >= 11 is 0. The van der Waals surface area contributed by atoms with Crippen LogP contribution >= 0.6 is 0 Å². The molecule has 0 aliphatic carbocycles. The number of nitrogens with one attached hydrogen (secondary N) is 1. The number of piperazine rings is 1. The number of rotatable bonds is 3. The fourth-order valence-corrected chi connectivity index (χ4v) is 3.15. The van der Waals surface area contributed by atoms with Crippen LogP contribution in [0.1, 0.15) is 23.0 Å². The van der Waals surface area contributed by atoms with E-state index in [0.717, 1.165) is 30.1 Å². The van der Waals surface area contributed by atoms with Gasteiger partial charge in [0.1, 0.15) is 11.4 Å². The third-order valence-electron chi connectivity index (χ3n) is 4.37. The number of anilines is 1. The first kappa shape index (κ1) is 15.5. The van der Waals surface area contributed by atoms with Crippen LogP contribution in [-0.4, -0.2) is 48.6 Å². The summed E-state index contributed by atoms with van der Waals surface area (Å²) in [6.07, 6.45) is 1.86. The Morgan fingerprint density at radius 2 is 2.09 bits per heavy atom. The quantitative estimate of drug-likeness (QED) is 0.948. The molecule has 1 aliphatic rings. The number of carbonyl (C=O) groups excluding carboxylic acids is 1. The first-order chi connectivity index (χ1) is 11.1. The normalized spacial score (nSPS) is 18.1. The maximum Gasteiger partial charge on any atom is 0.270 e. The van der Waals surface area contributed by atoms with Crippen LogP contribution in [0.4, 0.5) is 5.69 Å². The van der Waals surface area contributed by atoms with Crippen LogP contribution in [0.25, 0.3) is 0 Å². The molecule has 5 heteroatoms. The Hall–Kier alpha value is -2.43. The molecule has 0 saturated carbocycles. The maximum atomic E-state index is 12.6. The predicted molar refractivity (Wildman–Crippen MR) is 91.2 cm³/mol. The number of aromatic amines is 1. The number of para-hydroxylation sites is 2. The fraction of sp³-hybridized carbons (Fsp3) is 0.389. The lowest BCUT2D eigenvalue weighted by Gasteiger charge is -2.41. The number of nitrogens with zero attached hydrogens (tertiary/aromatic N) is 2. The number of hydrogen-bond donors (Lipinski definition) is 1. The Balaban J connectivity index is 1.73. The fourth-order valence-electron chi connectivity index (χ4n) is 3.15. The summed E-state index contributed by atoms with van der Waals surface area (Å²) < 4.78 is 5.45. The van der Waals surface area contributed by atoms with E-state index in [2.05, 4.69) is 22.9 Å². The Labute approximate surface area is 136 Å². The van der Waals surface area contributed by atoms with Crippen LogP contribution in [0, 0.1) is 6.92 Å². The molecule has 1 aliphatic heterocycles. The zero-order valence-corrected chi connectivity index (χ0v) is 13.9. The molecule has 1 saturated heterocycles. The van der Waals surface area contributed by atoms with Crippen molar-refractivity contribution in [2.24, 2.45) is 0 Å². The molecule has 1 atom stereocenters. The molecule has 0 bridgehead atoms. The van der Waals surface area contributed by atoms with Crippen molar-refractivity contribution < 1.29 is 9.53 Å². The molecule has 1 amide bonds. The third kappa shape index (κ3) is 3.04. The Morgan fingerprint density at radius 3 is 2.74 bits per heavy atom. The minimum Gasteiger partial charge on any atom is -0.495 e. The highest BCUT2D eigenvalue weighted by molar-refractivity contribution is 5.93. The van der Waals surface area contributed by atoms with Crippen molar-refractivity contribution >= 4 is 11.6 Å². The van der Waals surface area contributed by atoms with Gasteiger partial charge in [0.25, 0.3) is 5.91 Å². The average molecular weight is 313 g/mol. The van der Waals surface area contributed by atoms with E-state index in [0.29, 0.717) is 12.2 Å². The summed E-state index contributed by atoms with van der Waals surface area (Å²) in [5.74, 6) is 0.949. The number of hydrogen-bond acceptors (Lipinski definition) is 3. The van der Waals surface area contributed by atoms with Gasteiger partial charge >= 0.3 is 0 Å². The van der Waals surface area contributed by atoms with E-state index in [-0.39, 0.29) is 11.9 Å². The molecule has 1 aromatic carbocycles. The third-order valence-corrected chi connectivity index (χ3v) is 4.37. The van der Waals surface area contributed by atoms with Crippen molar-refractivity contribution in [2.45, 2.75) is 19.9 Å². The molecule has 122 valence electrons. The summed E-state index contributed by atoms with van der Waals surface area (Å²) in [7, 11) is 1.69. The summed E-state index contributed by atoms with van der Waals surface area (Å²) in [6, 6.07) is 10.1. The van der Waals surface area contributed by atoms with Gasteiger partial charge in [-0.1, -0.05) is 12.1 Å². The molecule has 1 unspecified atom stereocenters. The van der Waals surface area contributed by atoms with E-state index in [4.69, 9.17) is 4.74 Å². The van der Waals surface area contributed by atoms with Crippen LogP contribution in [0.3, 0.4) is 0 Å². The number of amides is 1. The van der Waals surface area contributed by atoms with Crippen molar-refractivity contribution in [3.8, 4) is 5.75 Å². The minimum atomic E-state index is 0.0743. The zero-order chi connectivity index (χ0) is 16.4. The molecule has 1 fully saturated rings. The second-order valence-corrected chi connectivity index (χ2v) is 6.06. The first-order valence-corrected chi connectivity index (χ1v) is 7.94. The minimum absolute atomic E-state index is 0.0743. The standard InChI is InChI=1S/C18H23N3O2/c1-13-10-15(19-11-13)18(22)21-9-8-20(12-14(21)2)16-6-4-5-7-17(16)23-3/h4-7,10-11,14,19H,8-9,12H2,1-3H3. The lowest BCUT2D eigenvalue weighted by atomic mass is 10.1. The molecule has 2 aromatic rings. The number of ether oxygens (including phenoxy) is 1. The number of aromatic nitrogens is 1. The van der Waals surface area contributed by atoms with Crippen LogP contribution < -0.4 is 9.64 Å². The van der Waals surface area contributed by atoms with E-state index >= 15 is 0 Å². The summed E-state index contributed by atoms with van der Waals surface area (Å²) in [5.41, 5.74) is 2.83. The molecule has 2 heterocycles. The van der Waals surface area contributed by atoms with Gasteiger partial charge in [-0.25, -0.2) is 0 Å². The highest BCUT2D eigenvalue weighted by atomic mass is 16.5. The monoisotopic (exact) mass is 313 g/mol. The second kappa shape index (κ2) is 6.36. The van der Waals surface area contributed by atoms with E-state index in [9.17, 15) is 4.79 Å². The number of methoxy groups -OCH3 is 1. The topological polar surface area (TPSA) is 48.6 Å². The number of aryl methyl sites for hydroxylation is 1. The van der Waals surface area contributed by atoms with Crippen molar-refractivity contribution in [1.29, 1.82) is 0 Å². The lowest BCUT2D eigenvalue weighted by molar-refractivity contribution is 0.0668. The van der Waals surface area contributed by atoms with Gasteiger partial charge in [-0.3, -0.25) is 4.79 Å². The Bertz CT molecular complexity index is 695. The van der Waals surface area contributed by atoms with Gasteiger partial charge in [0.05, 0.1) is 12.8 Å². The van der Waals surface area contributed by atoms with E-state index in [1.165, 1.54) is 0 Å². The predicted octanol–water partition coefficient (Wildman–Crippen LogP) is 2.68. The van der Waals surface area contributed by atoms with Crippen molar-refractivity contribution in [3.05, 3.63) is 47.8 Å². The molecular weight excluding hydrogens is 290 g/mol. The molecule has 23 heavy (non-hydrogen) atoms. The van der Waals surface area contributed by atoms with Crippen LogP contribution in [0.2, 0.25) is 0 Å². The summed E-state index contributed by atoms with van der Waals surface area (Å²) in [6.45, 7) is 6.38. The summed E-state index contributed by atoms with van der Waals surface area (Å²) in [4.78, 5) is 19.9. The van der Waals surface area contributed by atoms with Gasteiger partial charge in [0.15, 0.2) is 0 Å². The molecular formula is C18H23N3O2. The molecule has 0 radical (unpaired) electrons. The Morgan fingerprint density at radius 1 is 1.30 bits per heavy atom. The highest BCUT2D eigenvalue weighted by Crippen LogP contribution is 2.29. The molecule has 0 spiro atoms. The SMILES string of the molecule is COc1ccccc1N1CCN(C(=O)c2cc(C)c[nH]2)C(C)C1. The second-order valence-electron chi connectivity index (χ2n) is 6.06. The average Bonchev–Trinajstić information content (AvgIpc) is 3.00. The zero-order valence-electron chi connectivity index (χ0n) is 13.9. The van der Waals surface area contributed by atoms with Gasteiger partial charge in [-0.15, -0.1) is 0 Å². The van der Waals surface area contributed by atoms with Crippen LogP contribution in [0.5, 0.6) is 5.75 Å². The van der Waals surface area contributed by atoms with Crippen LogP contribution in [0.15, 0.2) is 36.5 Å². The van der Waals surface area contributed by atoms with Crippen molar-refractivity contribution in [1.82, 2.24) is 9.88 Å². The van der Waals surface area contributed by atoms with Crippen molar-refractivity contribution in [3.63, 3.8) is 0 Å².